The molecule has 0 fully saturated rings. The van der Waals surface area contributed by atoms with E-state index in [4.69, 9.17) is 23.2 Å². The van der Waals surface area contributed by atoms with E-state index in [2.05, 4.69) is 37.6 Å². The van der Waals surface area contributed by atoms with Gasteiger partial charge in [-0.05, 0) is 41.5 Å². The van der Waals surface area contributed by atoms with Gasteiger partial charge in [0.1, 0.15) is 5.82 Å². The fourth-order valence-corrected chi connectivity index (χ4v) is 3.40. The highest BCUT2D eigenvalue weighted by molar-refractivity contribution is 9.10. The van der Waals surface area contributed by atoms with Crippen LogP contribution in [0.4, 0.5) is 0 Å². The third-order valence-electron chi connectivity index (χ3n) is 3.33. The Balaban J connectivity index is 1.83. The Kier molecular flexibility index (Phi) is 4.87. The fourth-order valence-electron chi connectivity index (χ4n) is 2.38. The van der Waals surface area contributed by atoms with Crippen LogP contribution in [0, 0.1) is 0 Å². The van der Waals surface area contributed by atoms with Crippen molar-refractivity contribution in [1.82, 2.24) is 9.55 Å². The van der Waals surface area contributed by atoms with Crippen molar-refractivity contribution in [2.45, 2.75) is 13.0 Å². The van der Waals surface area contributed by atoms with Gasteiger partial charge in [0.05, 0.1) is 0 Å². The van der Waals surface area contributed by atoms with Crippen LogP contribution in [0.5, 0.6) is 0 Å². The highest BCUT2D eigenvalue weighted by atomic mass is 79.9. The quantitative estimate of drug-likeness (QED) is 0.562. The van der Waals surface area contributed by atoms with Gasteiger partial charge >= 0.3 is 0 Å². The number of benzene rings is 2. The second kappa shape index (κ2) is 6.86. The lowest BCUT2D eigenvalue weighted by molar-refractivity contribution is 0.740. The van der Waals surface area contributed by atoms with Crippen molar-refractivity contribution in [3.05, 3.63) is 86.3 Å². The maximum absolute atomic E-state index is 6.06. The monoisotopic (exact) mass is 394 g/mol. The van der Waals surface area contributed by atoms with Gasteiger partial charge in [0.2, 0.25) is 0 Å². The van der Waals surface area contributed by atoms with Crippen molar-refractivity contribution in [2.75, 3.05) is 0 Å². The van der Waals surface area contributed by atoms with Gasteiger partial charge in [-0.1, -0.05) is 51.3 Å². The van der Waals surface area contributed by atoms with Gasteiger partial charge in [0, 0.05) is 39.9 Å². The summed E-state index contributed by atoms with van der Waals surface area (Å²) in [7, 11) is 0. The minimum Gasteiger partial charge on any atom is -0.330 e. The van der Waals surface area contributed by atoms with E-state index in [1.807, 2.05) is 36.7 Å². The molecule has 3 aromatic rings. The number of hydrogen-bond acceptors (Lipinski definition) is 1. The molecule has 5 heteroatoms. The van der Waals surface area contributed by atoms with Crippen molar-refractivity contribution < 1.29 is 0 Å². The van der Waals surface area contributed by atoms with Gasteiger partial charge in [-0.2, -0.15) is 0 Å². The van der Waals surface area contributed by atoms with Crippen LogP contribution in [-0.2, 0) is 13.0 Å². The van der Waals surface area contributed by atoms with E-state index in [0.29, 0.717) is 16.5 Å². The first-order valence-electron chi connectivity index (χ1n) is 6.79. The van der Waals surface area contributed by atoms with Crippen molar-refractivity contribution in [1.29, 1.82) is 0 Å². The number of halogens is 3. The Morgan fingerprint density at radius 2 is 1.77 bits per heavy atom. The molecule has 2 nitrogen and oxygen atoms in total. The highest BCUT2D eigenvalue weighted by Crippen LogP contribution is 2.21. The summed E-state index contributed by atoms with van der Waals surface area (Å²) >= 11 is 15.6. The topological polar surface area (TPSA) is 17.8 Å². The summed E-state index contributed by atoms with van der Waals surface area (Å²) in [6.45, 7) is 0.781. The van der Waals surface area contributed by atoms with Crippen molar-refractivity contribution in [2.24, 2.45) is 0 Å². The van der Waals surface area contributed by atoms with E-state index in [1.54, 1.807) is 6.07 Å². The standard InChI is InChI=1S/C17H13BrCl2N2/c18-14-3-1-2-12(6-14)11-22-5-4-21-17(22)9-13-7-15(19)10-16(20)8-13/h1-8,10H,9,11H2. The molecule has 0 bridgehead atoms. The van der Waals surface area contributed by atoms with E-state index in [-0.39, 0.29) is 0 Å². The van der Waals surface area contributed by atoms with E-state index >= 15 is 0 Å². The summed E-state index contributed by atoms with van der Waals surface area (Å²) < 4.78 is 3.21. The van der Waals surface area contributed by atoms with Crippen molar-refractivity contribution in [3.63, 3.8) is 0 Å². The Morgan fingerprint density at radius 1 is 1.00 bits per heavy atom. The number of imidazole rings is 1. The minimum absolute atomic E-state index is 0.646. The molecule has 0 radical (unpaired) electrons. The average Bonchev–Trinajstić information content (AvgIpc) is 2.85. The van der Waals surface area contributed by atoms with Crippen LogP contribution in [0.15, 0.2) is 59.3 Å². The first kappa shape index (κ1) is 15.6. The minimum atomic E-state index is 0.646. The Labute approximate surface area is 147 Å². The van der Waals surface area contributed by atoms with Gasteiger partial charge in [-0.25, -0.2) is 4.98 Å². The molecule has 0 N–H and O–H groups in total. The molecule has 0 saturated heterocycles. The van der Waals surface area contributed by atoms with E-state index in [9.17, 15) is 0 Å². The Morgan fingerprint density at radius 3 is 2.50 bits per heavy atom. The third kappa shape index (κ3) is 3.92. The SMILES string of the molecule is Clc1cc(Cl)cc(Cc2nccn2Cc2cccc(Br)c2)c1. The molecular formula is C17H13BrCl2N2. The van der Waals surface area contributed by atoms with E-state index in [1.165, 1.54) is 5.56 Å². The average molecular weight is 396 g/mol. The smallest absolute Gasteiger partial charge is 0.113 e. The van der Waals surface area contributed by atoms with Crippen LogP contribution >= 0.6 is 39.1 Å². The summed E-state index contributed by atoms with van der Waals surface area (Å²) in [6, 6.07) is 13.8. The lowest BCUT2D eigenvalue weighted by Crippen LogP contribution is -2.05. The zero-order valence-corrected chi connectivity index (χ0v) is 14.7. The Bertz CT molecular complexity index is 779. The summed E-state index contributed by atoms with van der Waals surface area (Å²) in [5.74, 6) is 0.985. The maximum atomic E-state index is 6.06. The molecule has 0 aliphatic rings. The molecule has 3 rings (SSSR count). The molecule has 2 aromatic carbocycles. The molecule has 0 saturated carbocycles. The number of rotatable bonds is 4. The molecule has 0 atom stereocenters. The normalized spacial score (nSPS) is 10.9. The molecule has 0 spiro atoms. The first-order valence-corrected chi connectivity index (χ1v) is 8.34. The van der Waals surface area contributed by atoms with Crippen LogP contribution < -0.4 is 0 Å². The van der Waals surface area contributed by atoms with Crippen molar-refractivity contribution in [3.8, 4) is 0 Å². The Hall–Kier alpha value is -1.29. The molecule has 112 valence electrons. The summed E-state index contributed by atoms with van der Waals surface area (Å²) in [5, 5.41) is 1.29. The number of aromatic nitrogens is 2. The predicted molar refractivity (Wildman–Crippen MR) is 94.7 cm³/mol. The second-order valence-electron chi connectivity index (χ2n) is 5.06. The summed E-state index contributed by atoms with van der Waals surface area (Å²) in [6.07, 6.45) is 4.50. The molecule has 0 aliphatic carbocycles. The number of nitrogens with zero attached hydrogens (tertiary/aromatic N) is 2. The van der Waals surface area contributed by atoms with E-state index in [0.717, 1.165) is 22.4 Å². The lowest BCUT2D eigenvalue weighted by atomic mass is 10.1. The van der Waals surface area contributed by atoms with Crippen LogP contribution in [0.3, 0.4) is 0 Å². The largest absolute Gasteiger partial charge is 0.330 e. The van der Waals surface area contributed by atoms with Gasteiger partial charge in [-0.15, -0.1) is 0 Å². The fraction of sp³-hybridized carbons (Fsp3) is 0.118. The second-order valence-corrected chi connectivity index (χ2v) is 6.84. The molecule has 0 amide bonds. The van der Waals surface area contributed by atoms with Gasteiger partial charge in [0.25, 0.3) is 0 Å². The zero-order chi connectivity index (χ0) is 15.5. The van der Waals surface area contributed by atoms with Crippen LogP contribution in [0.25, 0.3) is 0 Å². The molecular weight excluding hydrogens is 383 g/mol. The van der Waals surface area contributed by atoms with Gasteiger partial charge in [0.15, 0.2) is 0 Å². The number of hydrogen-bond donors (Lipinski definition) is 0. The van der Waals surface area contributed by atoms with Crippen LogP contribution in [0.1, 0.15) is 17.0 Å². The lowest BCUT2D eigenvalue weighted by Gasteiger charge is -2.09. The zero-order valence-electron chi connectivity index (χ0n) is 11.6. The third-order valence-corrected chi connectivity index (χ3v) is 4.26. The molecule has 1 aromatic heterocycles. The van der Waals surface area contributed by atoms with Gasteiger partial charge < -0.3 is 4.57 Å². The summed E-state index contributed by atoms with van der Waals surface area (Å²) in [5.41, 5.74) is 2.27. The molecule has 1 heterocycles. The van der Waals surface area contributed by atoms with Crippen LogP contribution in [0.2, 0.25) is 10.0 Å². The van der Waals surface area contributed by atoms with E-state index < -0.39 is 0 Å². The van der Waals surface area contributed by atoms with Crippen LogP contribution in [-0.4, -0.2) is 9.55 Å². The predicted octanol–water partition coefficient (Wildman–Crippen LogP) is 5.59. The summed E-state index contributed by atoms with van der Waals surface area (Å²) in [4.78, 5) is 4.45. The van der Waals surface area contributed by atoms with Gasteiger partial charge in [-0.3, -0.25) is 0 Å². The maximum Gasteiger partial charge on any atom is 0.113 e. The molecule has 0 unspecified atom stereocenters. The molecule has 0 aliphatic heterocycles. The highest BCUT2D eigenvalue weighted by Gasteiger charge is 2.07. The van der Waals surface area contributed by atoms with Crippen molar-refractivity contribution >= 4 is 39.1 Å². The molecule has 22 heavy (non-hydrogen) atoms. The first-order chi connectivity index (χ1) is 10.6.